The van der Waals surface area contributed by atoms with Crippen molar-refractivity contribution in [3.63, 3.8) is 0 Å². The number of nitrogens with one attached hydrogen (secondary N) is 2. The molecule has 0 spiro atoms. The summed E-state index contributed by atoms with van der Waals surface area (Å²) < 4.78 is 0. The van der Waals surface area contributed by atoms with Gasteiger partial charge in [-0.15, -0.1) is 0 Å². The van der Waals surface area contributed by atoms with E-state index in [1.165, 1.54) is 12.8 Å². The van der Waals surface area contributed by atoms with Crippen LogP contribution in [0.5, 0.6) is 0 Å². The van der Waals surface area contributed by atoms with Gasteiger partial charge in [0.05, 0.1) is 6.54 Å². The van der Waals surface area contributed by atoms with E-state index in [0.717, 1.165) is 31.7 Å². The van der Waals surface area contributed by atoms with E-state index in [4.69, 9.17) is 11.6 Å². The fraction of sp³-hybridized carbons (Fsp3) is 0.562. The molecule has 1 fully saturated rings. The molecule has 5 heteroatoms. The third-order valence-electron chi connectivity index (χ3n) is 3.68. The lowest BCUT2D eigenvalue weighted by Crippen LogP contribution is -2.41. The molecule has 0 saturated carbocycles. The Morgan fingerprint density at radius 1 is 1.43 bits per heavy atom. The van der Waals surface area contributed by atoms with Crippen molar-refractivity contribution in [1.29, 1.82) is 0 Å². The lowest BCUT2D eigenvalue weighted by atomic mass is 10.2. The summed E-state index contributed by atoms with van der Waals surface area (Å²) in [4.78, 5) is 14.4. The first-order valence-corrected chi connectivity index (χ1v) is 8.06. The van der Waals surface area contributed by atoms with Gasteiger partial charge in [0.1, 0.15) is 0 Å². The lowest BCUT2D eigenvalue weighted by Gasteiger charge is -2.24. The van der Waals surface area contributed by atoms with Crippen LogP contribution < -0.4 is 10.6 Å². The van der Waals surface area contributed by atoms with Gasteiger partial charge in [-0.25, -0.2) is 0 Å². The molecule has 21 heavy (non-hydrogen) atoms. The SMILES string of the molecule is CCCN(CC(=O)Nc1ccc(Cl)cc1)CC1CCCN1. The summed E-state index contributed by atoms with van der Waals surface area (Å²) in [5.41, 5.74) is 0.792. The molecule has 1 amide bonds. The van der Waals surface area contributed by atoms with Crippen molar-refractivity contribution in [2.24, 2.45) is 0 Å². The largest absolute Gasteiger partial charge is 0.325 e. The number of carbonyl (C=O) groups is 1. The number of benzene rings is 1. The molecule has 1 saturated heterocycles. The molecule has 0 aliphatic carbocycles. The molecule has 1 heterocycles. The van der Waals surface area contributed by atoms with Crippen molar-refractivity contribution >= 4 is 23.2 Å². The Morgan fingerprint density at radius 2 is 2.19 bits per heavy atom. The van der Waals surface area contributed by atoms with E-state index in [1.54, 1.807) is 12.1 Å². The number of rotatable bonds is 7. The lowest BCUT2D eigenvalue weighted by molar-refractivity contribution is -0.117. The van der Waals surface area contributed by atoms with Gasteiger partial charge < -0.3 is 10.6 Å². The fourth-order valence-corrected chi connectivity index (χ4v) is 2.84. The summed E-state index contributed by atoms with van der Waals surface area (Å²) in [7, 11) is 0. The van der Waals surface area contributed by atoms with E-state index in [-0.39, 0.29) is 5.91 Å². The summed E-state index contributed by atoms with van der Waals surface area (Å²) in [5.74, 6) is 0.0313. The van der Waals surface area contributed by atoms with Crippen LogP contribution in [0.2, 0.25) is 5.02 Å². The topological polar surface area (TPSA) is 44.4 Å². The maximum atomic E-state index is 12.2. The Kier molecular flexibility index (Phi) is 6.49. The molecule has 2 rings (SSSR count). The van der Waals surface area contributed by atoms with Crippen LogP contribution in [-0.2, 0) is 4.79 Å². The van der Waals surface area contributed by atoms with E-state index < -0.39 is 0 Å². The van der Waals surface area contributed by atoms with Crippen molar-refractivity contribution in [1.82, 2.24) is 10.2 Å². The van der Waals surface area contributed by atoms with Crippen LogP contribution in [0.25, 0.3) is 0 Å². The molecule has 1 aromatic rings. The highest BCUT2D eigenvalue weighted by Crippen LogP contribution is 2.13. The van der Waals surface area contributed by atoms with Crippen LogP contribution in [0.3, 0.4) is 0 Å². The average molecular weight is 310 g/mol. The number of nitrogens with zero attached hydrogens (tertiary/aromatic N) is 1. The van der Waals surface area contributed by atoms with Gasteiger partial charge in [-0.2, -0.15) is 0 Å². The van der Waals surface area contributed by atoms with Gasteiger partial charge in [-0.3, -0.25) is 9.69 Å². The van der Waals surface area contributed by atoms with Gasteiger partial charge in [-0.05, 0) is 56.6 Å². The van der Waals surface area contributed by atoms with E-state index in [2.05, 4.69) is 22.5 Å². The first-order valence-electron chi connectivity index (χ1n) is 7.68. The first-order chi connectivity index (χ1) is 10.2. The van der Waals surface area contributed by atoms with Gasteiger partial charge in [-0.1, -0.05) is 18.5 Å². The third kappa shape index (κ3) is 5.65. The molecule has 1 aromatic carbocycles. The average Bonchev–Trinajstić information content (AvgIpc) is 2.94. The Morgan fingerprint density at radius 3 is 2.81 bits per heavy atom. The quantitative estimate of drug-likeness (QED) is 0.814. The van der Waals surface area contributed by atoms with Crippen LogP contribution in [-0.4, -0.2) is 43.0 Å². The van der Waals surface area contributed by atoms with Gasteiger partial charge >= 0.3 is 0 Å². The minimum Gasteiger partial charge on any atom is -0.325 e. The molecule has 1 atom stereocenters. The van der Waals surface area contributed by atoms with Crippen molar-refractivity contribution in [3.05, 3.63) is 29.3 Å². The number of hydrogen-bond donors (Lipinski definition) is 2. The van der Waals surface area contributed by atoms with E-state index in [0.29, 0.717) is 17.6 Å². The van der Waals surface area contributed by atoms with Crippen molar-refractivity contribution in [2.45, 2.75) is 32.2 Å². The number of hydrogen-bond acceptors (Lipinski definition) is 3. The molecule has 4 nitrogen and oxygen atoms in total. The van der Waals surface area contributed by atoms with Crippen LogP contribution in [0, 0.1) is 0 Å². The minimum atomic E-state index is 0.0313. The molecule has 0 bridgehead atoms. The summed E-state index contributed by atoms with van der Waals surface area (Å²) in [6.07, 6.45) is 3.50. The Hall–Kier alpha value is -1.10. The zero-order chi connectivity index (χ0) is 15.1. The van der Waals surface area contributed by atoms with Gasteiger partial charge in [0.2, 0.25) is 5.91 Å². The minimum absolute atomic E-state index is 0.0313. The molecule has 1 aliphatic rings. The molecular weight excluding hydrogens is 286 g/mol. The highest BCUT2D eigenvalue weighted by atomic mass is 35.5. The van der Waals surface area contributed by atoms with Crippen LogP contribution in [0.4, 0.5) is 5.69 Å². The normalized spacial score (nSPS) is 18.1. The smallest absolute Gasteiger partial charge is 0.238 e. The maximum Gasteiger partial charge on any atom is 0.238 e. The van der Waals surface area contributed by atoms with Crippen molar-refractivity contribution in [2.75, 3.05) is 31.5 Å². The molecule has 1 unspecified atom stereocenters. The molecule has 0 radical (unpaired) electrons. The molecule has 1 aliphatic heterocycles. The Balaban J connectivity index is 1.83. The van der Waals surface area contributed by atoms with E-state index >= 15 is 0 Å². The second-order valence-electron chi connectivity index (χ2n) is 5.58. The van der Waals surface area contributed by atoms with Gasteiger partial charge in [0.25, 0.3) is 0 Å². The zero-order valence-corrected chi connectivity index (χ0v) is 13.3. The summed E-state index contributed by atoms with van der Waals surface area (Å²) in [5, 5.41) is 7.08. The maximum absolute atomic E-state index is 12.2. The highest BCUT2D eigenvalue weighted by molar-refractivity contribution is 6.30. The second kappa shape index (κ2) is 8.37. The summed E-state index contributed by atoms with van der Waals surface area (Å²) >= 11 is 5.84. The van der Waals surface area contributed by atoms with Crippen molar-refractivity contribution in [3.8, 4) is 0 Å². The number of halogens is 1. The van der Waals surface area contributed by atoms with Crippen molar-refractivity contribution < 1.29 is 4.79 Å². The van der Waals surface area contributed by atoms with E-state index in [1.807, 2.05) is 12.1 Å². The number of carbonyl (C=O) groups excluding carboxylic acids is 1. The molecular formula is C16H24ClN3O. The molecule has 0 aromatic heterocycles. The Labute approximate surface area is 131 Å². The van der Waals surface area contributed by atoms with Gasteiger partial charge in [0.15, 0.2) is 0 Å². The van der Waals surface area contributed by atoms with E-state index in [9.17, 15) is 4.79 Å². The summed E-state index contributed by atoms with van der Waals surface area (Å²) in [6.45, 7) is 5.58. The first kappa shape index (κ1) is 16.3. The molecule has 2 N–H and O–H groups in total. The van der Waals surface area contributed by atoms with Gasteiger partial charge in [0, 0.05) is 23.3 Å². The standard InChI is InChI=1S/C16H24ClN3O/c1-2-10-20(11-15-4-3-9-18-15)12-16(21)19-14-7-5-13(17)6-8-14/h5-8,15,18H,2-4,9-12H2,1H3,(H,19,21). The zero-order valence-electron chi connectivity index (χ0n) is 12.6. The Bertz CT molecular complexity index is 443. The van der Waals surface area contributed by atoms with Crippen LogP contribution >= 0.6 is 11.6 Å². The molecule has 116 valence electrons. The predicted octanol–water partition coefficient (Wildman–Crippen LogP) is 2.74. The fourth-order valence-electron chi connectivity index (χ4n) is 2.71. The van der Waals surface area contributed by atoms with Crippen LogP contribution in [0.1, 0.15) is 26.2 Å². The second-order valence-corrected chi connectivity index (χ2v) is 6.02. The number of amides is 1. The number of anilines is 1. The summed E-state index contributed by atoms with van der Waals surface area (Å²) in [6, 6.07) is 7.73. The predicted molar refractivity (Wildman–Crippen MR) is 87.8 cm³/mol. The highest BCUT2D eigenvalue weighted by Gasteiger charge is 2.19. The van der Waals surface area contributed by atoms with Crippen LogP contribution in [0.15, 0.2) is 24.3 Å². The third-order valence-corrected chi connectivity index (χ3v) is 3.93. The monoisotopic (exact) mass is 309 g/mol.